The Kier molecular flexibility index (Phi) is 6.31. The van der Waals surface area contributed by atoms with E-state index in [1.807, 2.05) is 35.2 Å². The van der Waals surface area contributed by atoms with Gasteiger partial charge in [0.2, 0.25) is 0 Å². The molecule has 0 aromatic heterocycles. The van der Waals surface area contributed by atoms with E-state index < -0.39 is 0 Å². The third-order valence-corrected chi connectivity index (χ3v) is 7.02. The second-order valence-corrected chi connectivity index (χ2v) is 8.43. The van der Waals surface area contributed by atoms with Crippen LogP contribution in [0.2, 0.25) is 0 Å². The lowest BCUT2D eigenvalue weighted by molar-refractivity contribution is 0.0753. The van der Waals surface area contributed by atoms with Gasteiger partial charge in [-0.05, 0) is 64.7 Å². The predicted molar refractivity (Wildman–Crippen MR) is 131 cm³/mol. The first-order valence-corrected chi connectivity index (χ1v) is 11.7. The van der Waals surface area contributed by atoms with Gasteiger partial charge in [-0.3, -0.25) is 4.79 Å². The maximum Gasteiger partial charge on any atom is 0.254 e. The molecule has 0 N–H and O–H groups in total. The number of carbonyl (C=O) groups is 1. The standard InChI is InChI=1S/C24H26INO5/c1-28-20-9-14-8-19(24(27)26-7-5-6-15(26)13-25)18-12-23(31-4)22(30-3)11-17(18)16(14)10-21(20)29-2/h8-12,15H,5-7,13H2,1-4H3. The summed E-state index contributed by atoms with van der Waals surface area (Å²) >= 11 is 2.37. The summed E-state index contributed by atoms with van der Waals surface area (Å²) in [6.45, 7) is 0.783. The summed E-state index contributed by atoms with van der Waals surface area (Å²) in [4.78, 5) is 15.7. The minimum absolute atomic E-state index is 0.0491. The smallest absolute Gasteiger partial charge is 0.254 e. The SMILES string of the molecule is COc1cc2cc(C(=O)N3CCCC3CI)c3cc(OC)c(OC)cc3c2cc1OC. The number of amides is 1. The highest BCUT2D eigenvalue weighted by Crippen LogP contribution is 2.41. The van der Waals surface area contributed by atoms with Crippen LogP contribution in [0.15, 0.2) is 30.3 Å². The predicted octanol–water partition coefficient (Wildman–Crippen LogP) is 5.07. The van der Waals surface area contributed by atoms with Crippen LogP contribution in [0.3, 0.4) is 0 Å². The van der Waals surface area contributed by atoms with Gasteiger partial charge in [0.05, 0.1) is 28.4 Å². The van der Waals surface area contributed by atoms with Crippen molar-refractivity contribution in [3.63, 3.8) is 0 Å². The van der Waals surface area contributed by atoms with Gasteiger partial charge < -0.3 is 23.8 Å². The van der Waals surface area contributed by atoms with Crippen molar-refractivity contribution >= 4 is 50.0 Å². The molecule has 6 nitrogen and oxygen atoms in total. The largest absolute Gasteiger partial charge is 0.493 e. The Hall–Kier alpha value is -2.42. The lowest BCUT2D eigenvalue weighted by Gasteiger charge is -2.24. The molecule has 0 saturated carbocycles. The highest BCUT2D eigenvalue weighted by atomic mass is 127. The molecule has 0 spiro atoms. The van der Waals surface area contributed by atoms with Crippen LogP contribution in [-0.4, -0.2) is 56.3 Å². The zero-order valence-electron chi connectivity index (χ0n) is 18.2. The van der Waals surface area contributed by atoms with Crippen molar-refractivity contribution < 1.29 is 23.7 Å². The summed E-state index contributed by atoms with van der Waals surface area (Å²) in [6.07, 6.45) is 2.08. The van der Waals surface area contributed by atoms with Crippen LogP contribution in [0.1, 0.15) is 23.2 Å². The fourth-order valence-electron chi connectivity index (χ4n) is 4.40. The Bertz CT molecular complexity index is 1150. The third kappa shape index (κ3) is 3.73. The molecule has 1 heterocycles. The second kappa shape index (κ2) is 8.98. The van der Waals surface area contributed by atoms with Crippen molar-refractivity contribution in [1.29, 1.82) is 0 Å². The third-order valence-electron chi connectivity index (χ3n) is 6.01. The fraction of sp³-hybridized carbons (Fsp3) is 0.375. The van der Waals surface area contributed by atoms with Gasteiger partial charge in [0.25, 0.3) is 5.91 Å². The molecule has 0 aliphatic carbocycles. The second-order valence-electron chi connectivity index (χ2n) is 7.55. The number of fused-ring (bicyclic) bond motifs is 3. The lowest BCUT2D eigenvalue weighted by Crippen LogP contribution is -2.36. The first-order chi connectivity index (χ1) is 15.1. The summed E-state index contributed by atoms with van der Waals surface area (Å²) in [7, 11) is 6.44. The summed E-state index contributed by atoms with van der Waals surface area (Å²) in [5, 5.41) is 3.61. The van der Waals surface area contributed by atoms with Crippen molar-refractivity contribution in [2.75, 3.05) is 39.4 Å². The highest BCUT2D eigenvalue weighted by Gasteiger charge is 2.30. The van der Waals surface area contributed by atoms with E-state index in [2.05, 4.69) is 22.6 Å². The van der Waals surface area contributed by atoms with Crippen LogP contribution in [-0.2, 0) is 0 Å². The molecule has 1 amide bonds. The molecule has 1 saturated heterocycles. The van der Waals surface area contributed by atoms with Crippen LogP contribution < -0.4 is 18.9 Å². The molecule has 0 bridgehead atoms. The molecule has 1 atom stereocenters. The van der Waals surface area contributed by atoms with Crippen molar-refractivity contribution in [1.82, 2.24) is 4.90 Å². The molecule has 1 fully saturated rings. The minimum atomic E-state index is 0.0491. The Labute approximate surface area is 195 Å². The van der Waals surface area contributed by atoms with E-state index in [-0.39, 0.29) is 11.9 Å². The number of methoxy groups -OCH3 is 4. The van der Waals surface area contributed by atoms with E-state index in [9.17, 15) is 4.79 Å². The maximum absolute atomic E-state index is 13.7. The van der Waals surface area contributed by atoms with E-state index in [0.29, 0.717) is 28.6 Å². The number of alkyl halides is 1. The average Bonchev–Trinajstić information content (AvgIpc) is 3.30. The number of rotatable bonds is 6. The number of hydrogen-bond donors (Lipinski definition) is 0. The number of likely N-dealkylation sites (tertiary alicyclic amines) is 1. The Morgan fingerprint density at radius 2 is 1.42 bits per heavy atom. The van der Waals surface area contributed by atoms with E-state index in [4.69, 9.17) is 18.9 Å². The Morgan fingerprint density at radius 3 is 2.00 bits per heavy atom. The van der Waals surface area contributed by atoms with E-state index in [1.54, 1.807) is 28.4 Å². The van der Waals surface area contributed by atoms with Crippen LogP contribution in [0.5, 0.6) is 23.0 Å². The number of benzene rings is 3. The van der Waals surface area contributed by atoms with Gasteiger partial charge in [0.1, 0.15) is 0 Å². The molecule has 3 aromatic carbocycles. The maximum atomic E-state index is 13.7. The monoisotopic (exact) mass is 535 g/mol. The zero-order chi connectivity index (χ0) is 22.1. The average molecular weight is 535 g/mol. The van der Waals surface area contributed by atoms with Crippen LogP contribution in [0.25, 0.3) is 21.5 Å². The summed E-state index contributed by atoms with van der Waals surface area (Å²) in [6, 6.07) is 9.91. The Balaban J connectivity index is 2.04. The molecule has 4 rings (SSSR count). The van der Waals surface area contributed by atoms with E-state index >= 15 is 0 Å². The van der Waals surface area contributed by atoms with Gasteiger partial charge in [0, 0.05) is 22.6 Å². The van der Waals surface area contributed by atoms with Crippen molar-refractivity contribution in [2.24, 2.45) is 0 Å². The van der Waals surface area contributed by atoms with Gasteiger partial charge in [-0.25, -0.2) is 0 Å². The zero-order valence-corrected chi connectivity index (χ0v) is 20.3. The number of hydrogen-bond acceptors (Lipinski definition) is 5. The molecule has 3 aromatic rings. The van der Waals surface area contributed by atoms with Gasteiger partial charge >= 0.3 is 0 Å². The van der Waals surface area contributed by atoms with Gasteiger partial charge in [0.15, 0.2) is 23.0 Å². The first kappa shape index (κ1) is 21.8. The molecule has 31 heavy (non-hydrogen) atoms. The number of halogens is 1. The number of ether oxygens (including phenoxy) is 4. The molecular weight excluding hydrogens is 509 g/mol. The summed E-state index contributed by atoms with van der Waals surface area (Å²) in [5.41, 5.74) is 0.660. The van der Waals surface area contributed by atoms with Crippen LogP contribution >= 0.6 is 22.6 Å². The normalized spacial score (nSPS) is 16.0. The summed E-state index contributed by atoms with van der Waals surface area (Å²) < 4.78 is 23.1. The first-order valence-electron chi connectivity index (χ1n) is 10.2. The molecule has 1 unspecified atom stereocenters. The molecule has 7 heteroatoms. The number of carbonyl (C=O) groups excluding carboxylic acids is 1. The van der Waals surface area contributed by atoms with Crippen molar-refractivity contribution in [2.45, 2.75) is 18.9 Å². The Morgan fingerprint density at radius 1 is 0.871 bits per heavy atom. The van der Waals surface area contributed by atoms with Gasteiger partial charge in [-0.15, -0.1) is 0 Å². The highest BCUT2D eigenvalue weighted by molar-refractivity contribution is 14.1. The number of nitrogens with zero attached hydrogens (tertiary/aromatic N) is 1. The van der Waals surface area contributed by atoms with E-state index in [0.717, 1.165) is 45.4 Å². The van der Waals surface area contributed by atoms with Crippen LogP contribution in [0, 0.1) is 0 Å². The molecule has 164 valence electrons. The molecular formula is C24H26INO5. The molecule has 0 radical (unpaired) electrons. The van der Waals surface area contributed by atoms with Crippen LogP contribution in [0.4, 0.5) is 0 Å². The topological polar surface area (TPSA) is 57.2 Å². The lowest BCUT2D eigenvalue weighted by atomic mass is 9.95. The van der Waals surface area contributed by atoms with Gasteiger partial charge in [-0.2, -0.15) is 0 Å². The fourth-order valence-corrected chi connectivity index (χ4v) is 5.32. The van der Waals surface area contributed by atoms with Crippen molar-refractivity contribution in [3.8, 4) is 23.0 Å². The minimum Gasteiger partial charge on any atom is -0.493 e. The van der Waals surface area contributed by atoms with Gasteiger partial charge in [-0.1, -0.05) is 22.6 Å². The quantitative estimate of drug-likeness (QED) is 0.251. The molecule has 1 aliphatic heterocycles. The summed E-state index contributed by atoms with van der Waals surface area (Å²) in [5.74, 6) is 2.51. The van der Waals surface area contributed by atoms with E-state index in [1.165, 1.54) is 0 Å². The van der Waals surface area contributed by atoms with Crippen molar-refractivity contribution in [3.05, 3.63) is 35.9 Å². The molecule has 1 aliphatic rings.